The summed E-state index contributed by atoms with van der Waals surface area (Å²) in [6.07, 6.45) is -1.41. The number of carbonyl (C=O) groups excluding carboxylic acids is 2. The van der Waals surface area contributed by atoms with E-state index in [-0.39, 0.29) is 49.4 Å². The van der Waals surface area contributed by atoms with Crippen LogP contribution in [0.2, 0.25) is 0 Å². The fraction of sp³-hybridized carbons (Fsp3) is 0.323. The SMILES string of the molecule is CC(=O)Nc1ccc(SC[C@H]2O[C@@H](c3ccc(NC(=O)CCC(=O)O)cc3)O[C@@H](c3ccc(CO)cc3)[C@H]2C)cc1. The van der Waals surface area contributed by atoms with Crippen LogP contribution in [0.1, 0.15) is 55.8 Å². The molecule has 0 radical (unpaired) electrons. The number of amides is 2. The van der Waals surface area contributed by atoms with Gasteiger partial charge in [0.2, 0.25) is 11.8 Å². The zero-order valence-corrected chi connectivity index (χ0v) is 23.7. The van der Waals surface area contributed by atoms with Crippen molar-refractivity contribution in [2.75, 3.05) is 16.4 Å². The molecule has 2 amide bonds. The maximum atomic E-state index is 12.0. The van der Waals surface area contributed by atoms with Gasteiger partial charge in [0.1, 0.15) is 0 Å². The monoisotopic (exact) mass is 578 g/mol. The van der Waals surface area contributed by atoms with Gasteiger partial charge in [-0.05, 0) is 47.5 Å². The predicted octanol–water partition coefficient (Wildman–Crippen LogP) is 5.52. The van der Waals surface area contributed by atoms with Crippen LogP contribution in [0, 0.1) is 5.92 Å². The van der Waals surface area contributed by atoms with E-state index in [4.69, 9.17) is 14.6 Å². The number of hydrogen-bond donors (Lipinski definition) is 4. The van der Waals surface area contributed by atoms with Gasteiger partial charge in [-0.15, -0.1) is 11.8 Å². The van der Waals surface area contributed by atoms with E-state index in [0.717, 1.165) is 27.3 Å². The number of carboxylic acids is 1. The Morgan fingerprint density at radius 1 is 0.829 bits per heavy atom. The molecule has 1 aliphatic rings. The maximum absolute atomic E-state index is 12.0. The van der Waals surface area contributed by atoms with Crippen LogP contribution < -0.4 is 10.6 Å². The van der Waals surface area contributed by atoms with Crippen LogP contribution in [0.3, 0.4) is 0 Å². The Labute approximate surface area is 243 Å². The number of benzene rings is 3. The summed E-state index contributed by atoms with van der Waals surface area (Å²) in [5.74, 6) is -0.819. The topological polar surface area (TPSA) is 134 Å². The van der Waals surface area contributed by atoms with Crippen molar-refractivity contribution in [2.45, 2.75) is 56.7 Å². The number of hydrogen-bond acceptors (Lipinski definition) is 7. The number of aliphatic carboxylic acids is 1. The highest BCUT2D eigenvalue weighted by Crippen LogP contribution is 2.43. The van der Waals surface area contributed by atoms with Crippen molar-refractivity contribution in [1.29, 1.82) is 0 Å². The van der Waals surface area contributed by atoms with Gasteiger partial charge in [-0.25, -0.2) is 0 Å². The van der Waals surface area contributed by atoms with Crippen LogP contribution in [-0.2, 0) is 30.5 Å². The summed E-state index contributed by atoms with van der Waals surface area (Å²) in [7, 11) is 0. The Morgan fingerprint density at radius 2 is 1.44 bits per heavy atom. The minimum atomic E-state index is -1.02. The number of rotatable bonds is 11. The van der Waals surface area contributed by atoms with Crippen LogP contribution in [0.4, 0.5) is 11.4 Å². The Balaban J connectivity index is 1.49. The van der Waals surface area contributed by atoms with E-state index in [9.17, 15) is 19.5 Å². The largest absolute Gasteiger partial charge is 0.481 e. The molecule has 3 aromatic carbocycles. The van der Waals surface area contributed by atoms with E-state index >= 15 is 0 Å². The molecule has 9 nitrogen and oxygen atoms in total. The van der Waals surface area contributed by atoms with Crippen molar-refractivity contribution < 1.29 is 34.1 Å². The molecule has 1 heterocycles. The second-order valence-electron chi connectivity index (χ2n) is 9.90. The lowest BCUT2D eigenvalue weighted by Gasteiger charge is -2.41. The number of thioether (sulfide) groups is 1. The van der Waals surface area contributed by atoms with Gasteiger partial charge >= 0.3 is 5.97 Å². The molecule has 216 valence electrons. The van der Waals surface area contributed by atoms with Gasteiger partial charge in [0, 0.05) is 46.8 Å². The molecule has 41 heavy (non-hydrogen) atoms. The first-order chi connectivity index (χ1) is 19.7. The van der Waals surface area contributed by atoms with Crippen LogP contribution in [0.5, 0.6) is 0 Å². The maximum Gasteiger partial charge on any atom is 0.303 e. The van der Waals surface area contributed by atoms with E-state index in [1.807, 2.05) is 60.7 Å². The van der Waals surface area contributed by atoms with Crippen molar-refractivity contribution >= 4 is 40.9 Å². The van der Waals surface area contributed by atoms with Gasteiger partial charge in [-0.1, -0.05) is 43.3 Å². The number of carbonyl (C=O) groups is 3. The molecule has 0 saturated carbocycles. The van der Waals surface area contributed by atoms with Crippen LogP contribution >= 0.6 is 11.8 Å². The fourth-order valence-corrected chi connectivity index (χ4v) is 5.56. The third-order valence-corrected chi connectivity index (χ3v) is 7.85. The first kappa shape index (κ1) is 30.3. The molecule has 4 N–H and O–H groups in total. The Bertz CT molecular complexity index is 1330. The second kappa shape index (κ2) is 14.3. The number of nitrogens with one attached hydrogen (secondary N) is 2. The molecule has 1 aliphatic heterocycles. The lowest BCUT2D eigenvalue weighted by atomic mass is 9.91. The van der Waals surface area contributed by atoms with Crippen LogP contribution in [-0.4, -0.2) is 39.9 Å². The first-order valence-electron chi connectivity index (χ1n) is 13.3. The molecule has 3 aromatic rings. The van der Waals surface area contributed by atoms with Crippen LogP contribution in [0.25, 0.3) is 0 Å². The van der Waals surface area contributed by atoms with E-state index < -0.39 is 12.3 Å². The molecule has 1 fully saturated rings. The number of anilines is 2. The van der Waals surface area contributed by atoms with Crippen molar-refractivity contribution in [3.05, 3.63) is 89.5 Å². The average molecular weight is 579 g/mol. The van der Waals surface area contributed by atoms with E-state index in [2.05, 4.69) is 17.6 Å². The number of ether oxygens (including phenoxy) is 2. The van der Waals surface area contributed by atoms with Crippen LogP contribution in [0.15, 0.2) is 77.7 Å². The van der Waals surface area contributed by atoms with Crippen molar-refractivity contribution in [2.24, 2.45) is 5.92 Å². The van der Waals surface area contributed by atoms with Gasteiger partial charge in [0.05, 0.1) is 25.2 Å². The normalized spacial score (nSPS) is 20.3. The molecule has 10 heteroatoms. The fourth-order valence-electron chi connectivity index (χ4n) is 4.49. The Hall–Kier alpha value is -3.70. The molecule has 0 bridgehead atoms. The molecule has 0 aromatic heterocycles. The summed E-state index contributed by atoms with van der Waals surface area (Å²) in [6.45, 7) is 3.54. The summed E-state index contributed by atoms with van der Waals surface area (Å²) < 4.78 is 13.0. The summed E-state index contributed by atoms with van der Waals surface area (Å²) in [4.78, 5) is 35.1. The van der Waals surface area contributed by atoms with Gasteiger partial charge < -0.3 is 30.3 Å². The number of aliphatic hydroxyl groups excluding tert-OH is 1. The van der Waals surface area contributed by atoms with Gasteiger partial charge in [0.25, 0.3) is 0 Å². The Morgan fingerprint density at radius 3 is 2.05 bits per heavy atom. The average Bonchev–Trinajstić information content (AvgIpc) is 2.96. The highest BCUT2D eigenvalue weighted by Gasteiger charge is 2.38. The van der Waals surface area contributed by atoms with E-state index in [1.54, 1.807) is 23.9 Å². The predicted molar refractivity (Wildman–Crippen MR) is 156 cm³/mol. The number of carboxylic acid groups (broad SMARTS) is 1. The quantitative estimate of drug-likeness (QED) is 0.219. The molecular weight excluding hydrogens is 544 g/mol. The van der Waals surface area contributed by atoms with E-state index in [1.165, 1.54) is 6.92 Å². The highest BCUT2D eigenvalue weighted by molar-refractivity contribution is 7.99. The molecule has 0 unspecified atom stereocenters. The minimum absolute atomic E-state index is 0.0187. The first-order valence-corrected chi connectivity index (χ1v) is 14.3. The second-order valence-corrected chi connectivity index (χ2v) is 11.0. The summed E-state index contributed by atoms with van der Waals surface area (Å²) in [5, 5.41) is 23.7. The molecule has 4 rings (SSSR count). The third-order valence-electron chi connectivity index (χ3n) is 6.74. The van der Waals surface area contributed by atoms with Gasteiger partial charge in [-0.3, -0.25) is 14.4 Å². The Kier molecular flexibility index (Phi) is 10.5. The third kappa shape index (κ3) is 8.64. The summed E-state index contributed by atoms with van der Waals surface area (Å²) in [5.41, 5.74) is 3.89. The molecule has 1 saturated heterocycles. The smallest absolute Gasteiger partial charge is 0.303 e. The van der Waals surface area contributed by atoms with Crippen molar-refractivity contribution in [3.63, 3.8) is 0 Å². The lowest BCUT2D eigenvalue weighted by Crippen LogP contribution is -2.38. The van der Waals surface area contributed by atoms with E-state index in [0.29, 0.717) is 11.4 Å². The summed E-state index contributed by atoms with van der Waals surface area (Å²) in [6, 6.07) is 22.5. The van der Waals surface area contributed by atoms with Gasteiger partial charge in [0.15, 0.2) is 6.29 Å². The van der Waals surface area contributed by atoms with Crippen molar-refractivity contribution in [3.8, 4) is 0 Å². The number of aliphatic hydroxyl groups is 1. The zero-order valence-electron chi connectivity index (χ0n) is 22.9. The summed E-state index contributed by atoms with van der Waals surface area (Å²) >= 11 is 1.66. The van der Waals surface area contributed by atoms with Crippen molar-refractivity contribution in [1.82, 2.24) is 0 Å². The molecular formula is C31H34N2O7S. The standard InChI is InChI=1S/C31H34N2O7S/c1-19-27(18-41-26-13-11-24(12-14-26)32-20(2)35)39-31(40-30(19)22-5-3-21(17-34)4-6-22)23-7-9-25(10-8-23)33-28(36)15-16-29(37)38/h3-14,19,27,30-31,34H,15-18H2,1-2H3,(H,32,35)(H,33,36)(H,37,38)/t19-,27+,30+,31+/m0/s1. The highest BCUT2D eigenvalue weighted by atomic mass is 32.2. The zero-order chi connectivity index (χ0) is 29.4. The molecule has 4 atom stereocenters. The molecule has 0 spiro atoms. The minimum Gasteiger partial charge on any atom is -0.481 e. The lowest BCUT2D eigenvalue weighted by molar-refractivity contribution is -0.268. The van der Waals surface area contributed by atoms with Gasteiger partial charge in [-0.2, -0.15) is 0 Å². The molecule has 0 aliphatic carbocycles.